The first-order valence-electron chi connectivity index (χ1n) is 8.30. The highest BCUT2D eigenvalue weighted by molar-refractivity contribution is 5.28. The number of nitrogens with zero attached hydrogens (tertiary/aromatic N) is 1. The van der Waals surface area contributed by atoms with Crippen LogP contribution in [0.4, 0.5) is 0 Å². The minimum atomic E-state index is 0.239. The summed E-state index contributed by atoms with van der Waals surface area (Å²) in [4.78, 5) is 2.27. The minimum Gasteiger partial charge on any atom is -0.314 e. The van der Waals surface area contributed by atoms with E-state index in [1.807, 2.05) is 0 Å². The van der Waals surface area contributed by atoms with Gasteiger partial charge in [-0.25, -0.2) is 0 Å². The van der Waals surface area contributed by atoms with E-state index < -0.39 is 0 Å². The molecule has 1 atom stereocenters. The Balaban J connectivity index is 2.64. The lowest BCUT2D eigenvalue weighted by Crippen LogP contribution is -2.34. The molecule has 1 unspecified atom stereocenters. The Morgan fingerprint density at radius 1 is 1.10 bits per heavy atom. The second kappa shape index (κ2) is 8.55. The average molecular weight is 290 g/mol. The second-order valence-corrected chi connectivity index (χ2v) is 7.39. The van der Waals surface area contributed by atoms with Crippen molar-refractivity contribution in [3.05, 3.63) is 35.4 Å². The van der Waals surface area contributed by atoms with Crippen LogP contribution in [-0.4, -0.2) is 38.1 Å². The third-order valence-electron chi connectivity index (χ3n) is 3.91. The number of benzene rings is 1. The predicted octanol–water partition coefficient (Wildman–Crippen LogP) is 3.85. The topological polar surface area (TPSA) is 15.3 Å². The molecule has 0 spiro atoms. The zero-order chi connectivity index (χ0) is 15.9. The van der Waals surface area contributed by atoms with Crippen LogP contribution in [0.25, 0.3) is 0 Å². The molecule has 0 aromatic heterocycles. The van der Waals surface area contributed by atoms with Crippen LogP contribution in [0.3, 0.4) is 0 Å². The van der Waals surface area contributed by atoms with Gasteiger partial charge in [0.15, 0.2) is 0 Å². The number of rotatable bonds is 8. The fraction of sp³-hybridized carbons (Fsp3) is 0.684. The van der Waals surface area contributed by atoms with Crippen molar-refractivity contribution >= 4 is 0 Å². The largest absolute Gasteiger partial charge is 0.314 e. The molecule has 1 N–H and O–H groups in total. The lowest BCUT2D eigenvalue weighted by atomic mass is 9.86. The molecule has 0 aliphatic carbocycles. The highest BCUT2D eigenvalue weighted by Crippen LogP contribution is 2.22. The zero-order valence-corrected chi connectivity index (χ0v) is 14.9. The van der Waals surface area contributed by atoms with Crippen LogP contribution in [0.5, 0.6) is 0 Å². The monoisotopic (exact) mass is 290 g/mol. The summed E-state index contributed by atoms with van der Waals surface area (Å²) in [7, 11) is 4.30. The molecular formula is C19H34N2. The first kappa shape index (κ1) is 18.2. The quantitative estimate of drug-likeness (QED) is 0.782. The first-order valence-corrected chi connectivity index (χ1v) is 8.30. The molecule has 0 amide bonds. The molecule has 0 saturated carbocycles. The number of hydrogen-bond acceptors (Lipinski definition) is 2. The third kappa shape index (κ3) is 7.10. The van der Waals surface area contributed by atoms with Crippen LogP contribution in [0.1, 0.15) is 51.7 Å². The normalized spacial score (nSPS) is 13.7. The van der Waals surface area contributed by atoms with E-state index in [1.54, 1.807) is 0 Å². The van der Waals surface area contributed by atoms with Crippen LogP contribution in [0.2, 0.25) is 0 Å². The van der Waals surface area contributed by atoms with Gasteiger partial charge in [-0.05, 0) is 63.0 Å². The van der Waals surface area contributed by atoms with Gasteiger partial charge in [0.1, 0.15) is 0 Å². The summed E-state index contributed by atoms with van der Waals surface area (Å²) < 4.78 is 0. The van der Waals surface area contributed by atoms with Crippen molar-refractivity contribution in [1.82, 2.24) is 10.2 Å². The second-order valence-electron chi connectivity index (χ2n) is 7.39. The molecule has 1 rings (SSSR count). The van der Waals surface area contributed by atoms with Gasteiger partial charge in [-0.15, -0.1) is 0 Å². The minimum absolute atomic E-state index is 0.239. The highest BCUT2D eigenvalue weighted by Gasteiger charge is 2.14. The first-order chi connectivity index (χ1) is 9.82. The molecule has 21 heavy (non-hydrogen) atoms. The maximum absolute atomic E-state index is 3.69. The summed E-state index contributed by atoms with van der Waals surface area (Å²) >= 11 is 0. The van der Waals surface area contributed by atoms with Gasteiger partial charge in [-0.1, -0.05) is 52.0 Å². The van der Waals surface area contributed by atoms with E-state index in [0.717, 1.165) is 19.5 Å². The van der Waals surface area contributed by atoms with E-state index in [-0.39, 0.29) is 5.41 Å². The number of nitrogens with one attached hydrogen (secondary N) is 1. The Kier molecular flexibility index (Phi) is 7.41. The lowest BCUT2D eigenvalue weighted by Gasteiger charge is -2.22. The van der Waals surface area contributed by atoms with Gasteiger partial charge in [0.05, 0.1) is 0 Å². The van der Waals surface area contributed by atoms with Gasteiger partial charge < -0.3 is 10.2 Å². The zero-order valence-electron chi connectivity index (χ0n) is 14.9. The van der Waals surface area contributed by atoms with Crippen molar-refractivity contribution < 1.29 is 0 Å². The molecular weight excluding hydrogens is 256 g/mol. The maximum Gasteiger partial charge on any atom is 0.0120 e. The molecule has 2 nitrogen and oxygen atoms in total. The Bertz CT molecular complexity index is 387. The Labute approximate surface area is 131 Å². The summed E-state index contributed by atoms with van der Waals surface area (Å²) in [6, 6.07) is 9.76. The molecule has 0 aliphatic rings. The van der Waals surface area contributed by atoms with Gasteiger partial charge in [-0.2, -0.15) is 0 Å². The summed E-state index contributed by atoms with van der Waals surface area (Å²) in [5, 5.41) is 3.69. The number of hydrogen-bond donors (Lipinski definition) is 1. The van der Waals surface area contributed by atoms with Crippen molar-refractivity contribution in [3.8, 4) is 0 Å². The summed E-state index contributed by atoms with van der Waals surface area (Å²) in [5.41, 5.74) is 3.09. The third-order valence-corrected chi connectivity index (χ3v) is 3.91. The smallest absolute Gasteiger partial charge is 0.0120 e. The Hall–Kier alpha value is -0.860. The maximum atomic E-state index is 3.69. The van der Waals surface area contributed by atoms with Crippen LogP contribution in [0, 0.1) is 0 Å². The molecule has 120 valence electrons. The Morgan fingerprint density at radius 2 is 1.71 bits per heavy atom. The van der Waals surface area contributed by atoms with Gasteiger partial charge in [0.2, 0.25) is 0 Å². The molecule has 0 aliphatic heterocycles. The standard InChI is InChI=1S/C19H34N2/c1-7-13-20-18(12-14-21(5)6)15-16-8-10-17(11-9-16)19(2,3)4/h8-11,18,20H,7,12-15H2,1-6H3. The molecule has 0 radical (unpaired) electrons. The Morgan fingerprint density at radius 3 is 2.19 bits per heavy atom. The van der Waals surface area contributed by atoms with Crippen molar-refractivity contribution in [2.45, 2.75) is 58.4 Å². The molecule has 1 aromatic carbocycles. The van der Waals surface area contributed by atoms with Gasteiger partial charge in [0.25, 0.3) is 0 Å². The summed E-state index contributed by atoms with van der Waals surface area (Å²) in [5.74, 6) is 0. The van der Waals surface area contributed by atoms with Crippen LogP contribution < -0.4 is 5.32 Å². The predicted molar refractivity (Wildman–Crippen MR) is 94.1 cm³/mol. The van der Waals surface area contributed by atoms with E-state index in [4.69, 9.17) is 0 Å². The van der Waals surface area contributed by atoms with E-state index in [9.17, 15) is 0 Å². The molecule has 0 fully saturated rings. The van der Waals surface area contributed by atoms with Crippen LogP contribution in [-0.2, 0) is 11.8 Å². The fourth-order valence-corrected chi connectivity index (χ4v) is 2.46. The van der Waals surface area contributed by atoms with Crippen molar-refractivity contribution in [1.29, 1.82) is 0 Å². The fourth-order valence-electron chi connectivity index (χ4n) is 2.46. The molecule has 0 heterocycles. The van der Waals surface area contributed by atoms with Gasteiger partial charge in [-0.3, -0.25) is 0 Å². The van der Waals surface area contributed by atoms with E-state index in [1.165, 1.54) is 24.0 Å². The van der Waals surface area contributed by atoms with E-state index in [0.29, 0.717) is 6.04 Å². The summed E-state index contributed by atoms with van der Waals surface area (Å²) in [6.45, 7) is 11.3. The average Bonchev–Trinajstić information content (AvgIpc) is 2.41. The molecule has 1 aromatic rings. The van der Waals surface area contributed by atoms with E-state index >= 15 is 0 Å². The van der Waals surface area contributed by atoms with Crippen molar-refractivity contribution in [2.24, 2.45) is 0 Å². The van der Waals surface area contributed by atoms with Crippen LogP contribution in [0.15, 0.2) is 24.3 Å². The lowest BCUT2D eigenvalue weighted by molar-refractivity contribution is 0.356. The molecule has 2 heteroatoms. The van der Waals surface area contributed by atoms with Crippen LogP contribution >= 0.6 is 0 Å². The molecule has 0 bridgehead atoms. The van der Waals surface area contributed by atoms with Crippen molar-refractivity contribution in [2.75, 3.05) is 27.2 Å². The van der Waals surface area contributed by atoms with E-state index in [2.05, 4.69) is 76.3 Å². The van der Waals surface area contributed by atoms with Crippen molar-refractivity contribution in [3.63, 3.8) is 0 Å². The molecule has 0 saturated heterocycles. The van der Waals surface area contributed by atoms with Gasteiger partial charge >= 0.3 is 0 Å². The summed E-state index contributed by atoms with van der Waals surface area (Å²) in [6.07, 6.45) is 3.52. The van der Waals surface area contributed by atoms with Gasteiger partial charge in [0, 0.05) is 6.04 Å². The highest BCUT2D eigenvalue weighted by atomic mass is 15.1. The SMILES string of the molecule is CCCNC(CCN(C)C)Cc1ccc(C(C)(C)C)cc1.